The number of rotatable bonds is 1. The van der Waals surface area contributed by atoms with Crippen molar-refractivity contribution in [3.63, 3.8) is 0 Å². The molecule has 0 aliphatic carbocycles. The predicted octanol–water partition coefficient (Wildman–Crippen LogP) is 2.14. The smallest absolute Gasteiger partial charge is 0.125 e. The molecule has 14 heavy (non-hydrogen) atoms. The van der Waals surface area contributed by atoms with Crippen molar-refractivity contribution in [3.8, 4) is 11.5 Å². The largest absolute Gasteiger partial charge is 0.507 e. The zero-order valence-corrected chi connectivity index (χ0v) is 7.82. The van der Waals surface area contributed by atoms with Crippen LogP contribution in [-0.4, -0.2) is 12.2 Å². The van der Waals surface area contributed by atoms with Crippen molar-refractivity contribution in [1.82, 2.24) is 0 Å². The van der Waals surface area contributed by atoms with Crippen LogP contribution < -0.4 is 10.5 Å². The lowest BCUT2D eigenvalue weighted by Crippen LogP contribution is -1.86. The maximum Gasteiger partial charge on any atom is 0.125 e. The second-order valence-corrected chi connectivity index (χ2v) is 3.13. The first-order valence-electron chi connectivity index (χ1n) is 4.27. The van der Waals surface area contributed by atoms with E-state index in [4.69, 9.17) is 10.5 Å². The lowest BCUT2D eigenvalue weighted by Gasteiger charge is -2.05. The summed E-state index contributed by atoms with van der Waals surface area (Å²) in [4.78, 5) is 0. The van der Waals surface area contributed by atoms with E-state index < -0.39 is 0 Å². The molecule has 72 valence electrons. The van der Waals surface area contributed by atoms with E-state index in [-0.39, 0.29) is 5.75 Å². The zero-order chi connectivity index (χ0) is 10.1. The summed E-state index contributed by atoms with van der Waals surface area (Å²) in [6.45, 7) is 0. The Labute approximate surface area is 81.7 Å². The van der Waals surface area contributed by atoms with Gasteiger partial charge >= 0.3 is 0 Å². The Balaban J connectivity index is 2.75. The van der Waals surface area contributed by atoms with Crippen molar-refractivity contribution >= 4 is 16.5 Å². The Kier molecular flexibility index (Phi) is 1.93. The van der Waals surface area contributed by atoms with Crippen LogP contribution in [0.4, 0.5) is 5.69 Å². The fourth-order valence-electron chi connectivity index (χ4n) is 1.48. The molecule has 0 atom stereocenters. The number of benzene rings is 2. The van der Waals surface area contributed by atoms with Crippen LogP contribution in [0, 0.1) is 0 Å². The topological polar surface area (TPSA) is 55.5 Å². The van der Waals surface area contributed by atoms with Crippen molar-refractivity contribution in [2.45, 2.75) is 0 Å². The van der Waals surface area contributed by atoms with Gasteiger partial charge in [0, 0.05) is 17.1 Å². The minimum atomic E-state index is 0.197. The molecule has 0 aliphatic rings. The van der Waals surface area contributed by atoms with Crippen molar-refractivity contribution in [3.05, 3.63) is 30.3 Å². The molecule has 3 N–H and O–H groups in total. The van der Waals surface area contributed by atoms with E-state index in [1.165, 1.54) is 6.07 Å². The summed E-state index contributed by atoms with van der Waals surface area (Å²) in [7, 11) is 1.60. The minimum absolute atomic E-state index is 0.197. The highest BCUT2D eigenvalue weighted by molar-refractivity contribution is 5.91. The average Bonchev–Trinajstić information content (AvgIpc) is 2.16. The lowest BCUT2D eigenvalue weighted by atomic mass is 10.1. The molecule has 0 unspecified atom stereocenters. The summed E-state index contributed by atoms with van der Waals surface area (Å²) in [5, 5.41) is 11.2. The van der Waals surface area contributed by atoms with Gasteiger partial charge in [0.05, 0.1) is 7.11 Å². The zero-order valence-electron chi connectivity index (χ0n) is 7.82. The Morgan fingerprint density at radius 2 is 2.00 bits per heavy atom. The number of anilines is 1. The number of fused-ring (bicyclic) bond motifs is 1. The molecule has 0 fully saturated rings. The van der Waals surface area contributed by atoms with Gasteiger partial charge in [-0.25, -0.2) is 0 Å². The molecule has 0 spiro atoms. The molecule has 0 radical (unpaired) electrons. The molecular formula is C11H11NO2. The molecule has 2 rings (SSSR count). The summed E-state index contributed by atoms with van der Waals surface area (Å²) in [6.07, 6.45) is 0. The van der Waals surface area contributed by atoms with Gasteiger partial charge in [-0.3, -0.25) is 0 Å². The summed E-state index contributed by atoms with van der Waals surface area (Å²) >= 11 is 0. The molecule has 0 aromatic heterocycles. The van der Waals surface area contributed by atoms with E-state index in [0.29, 0.717) is 5.69 Å². The predicted molar refractivity (Wildman–Crippen MR) is 56.6 cm³/mol. The van der Waals surface area contributed by atoms with E-state index >= 15 is 0 Å². The van der Waals surface area contributed by atoms with Crippen LogP contribution in [0.15, 0.2) is 30.3 Å². The molecule has 3 heteroatoms. The van der Waals surface area contributed by atoms with Crippen LogP contribution in [0.25, 0.3) is 10.8 Å². The number of hydrogen-bond donors (Lipinski definition) is 2. The van der Waals surface area contributed by atoms with E-state index in [1.807, 2.05) is 12.1 Å². The van der Waals surface area contributed by atoms with Crippen LogP contribution in [0.1, 0.15) is 0 Å². The first-order valence-corrected chi connectivity index (χ1v) is 4.27. The van der Waals surface area contributed by atoms with Crippen LogP contribution >= 0.6 is 0 Å². The Morgan fingerprint density at radius 3 is 2.71 bits per heavy atom. The molecule has 2 aromatic carbocycles. The van der Waals surface area contributed by atoms with E-state index in [2.05, 4.69) is 0 Å². The molecule has 0 aliphatic heterocycles. The number of nitrogen functional groups attached to an aromatic ring is 1. The fourth-order valence-corrected chi connectivity index (χ4v) is 1.48. The number of phenolic OH excluding ortho intramolecular Hbond substituents is 1. The second kappa shape index (κ2) is 3.10. The first kappa shape index (κ1) is 8.69. The number of ether oxygens (including phenoxy) is 1. The Bertz CT molecular complexity index is 480. The number of hydrogen-bond acceptors (Lipinski definition) is 3. The molecule has 0 saturated heterocycles. The third-order valence-electron chi connectivity index (χ3n) is 2.16. The standard InChI is InChI=1S/C11H11NO2/c1-14-9-2-3-10-7(5-9)4-8(12)6-11(10)13/h2-6,13H,12H2,1H3. The van der Waals surface area contributed by atoms with Gasteiger partial charge in [-0.2, -0.15) is 0 Å². The summed E-state index contributed by atoms with van der Waals surface area (Å²) in [5.41, 5.74) is 6.16. The highest BCUT2D eigenvalue weighted by Gasteiger charge is 2.02. The number of methoxy groups -OCH3 is 1. The molecule has 0 bridgehead atoms. The summed E-state index contributed by atoms with van der Waals surface area (Å²) in [6, 6.07) is 8.79. The maximum atomic E-state index is 9.59. The number of phenols is 1. The van der Waals surface area contributed by atoms with Crippen molar-refractivity contribution < 1.29 is 9.84 Å². The quantitative estimate of drug-likeness (QED) is 0.676. The molecule has 3 nitrogen and oxygen atoms in total. The highest BCUT2D eigenvalue weighted by Crippen LogP contribution is 2.30. The Hall–Kier alpha value is -1.90. The van der Waals surface area contributed by atoms with Crippen LogP contribution in [0.3, 0.4) is 0 Å². The van der Waals surface area contributed by atoms with Gasteiger partial charge in [-0.05, 0) is 29.7 Å². The van der Waals surface area contributed by atoms with Crippen molar-refractivity contribution in [1.29, 1.82) is 0 Å². The van der Waals surface area contributed by atoms with Gasteiger partial charge in [-0.1, -0.05) is 0 Å². The van der Waals surface area contributed by atoms with E-state index in [0.717, 1.165) is 16.5 Å². The van der Waals surface area contributed by atoms with Gasteiger partial charge in [-0.15, -0.1) is 0 Å². The number of nitrogens with two attached hydrogens (primary N) is 1. The van der Waals surface area contributed by atoms with Gasteiger partial charge < -0.3 is 15.6 Å². The molecule has 0 amide bonds. The van der Waals surface area contributed by atoms with Crippen LogP contribution in [0.2, 0.25) is 0 Å². The van der Waals surface area contributed by atoms with Crippen LogP contribution in [0.5, 0.6) is 11.5 Å². The molecule has 0 saturated carbocycles. The SMILES string of the molecule is COc1ccc2c(O)cc(N)cc2c1. The van der Waals surface area contributed by atoms with E-state index in [9.17, 15) is 5.11 Å². The Morgan fingerprint density at radius 1 is 1.21 bits per heavy atom. The molecule has 0 heterocycles. The monoisotopic (exact) mass is 189 g/mol. The minimum Gasteiger partial charge on any atom is -0.507 e. The van der Waals surface area contributed by atoms with Gasteiger partial charge in [0.1, 0.15) is 11.5 Å². The highest BCUT2D eigenvalue weighted by atomic mass is 16.5. The third kappa shape index (κ3) is 1.33. The third-order valence-corrected chi connectivity index (χ3v) is 2.16. The summed E-state index contributed by atoms with van der Waals surface area (Å²) < 4.78 is 5.08. The van der Waals surface area contributed by atoms with Gasteiger partial charge in [0.15, 0.2) is 0 Å². The first-order chi connectivity index (χ1) is 6.70. The second-order valence-electron chi connectivity index (χ2n) is 3.13. The molecule has 2 aromatic rings. The lowest BCUT2D eigenvalue weighted by molar-refractivity contribution is 0.415. The van der Waals surface area contributed by atoms with Crippen molar-refractivity contribution in [2.75, 3.05) is 12.8 Å². The average molecular weight is 189 g/mol. The maximum absolute atomic E-state index is 9.59. The number of aromatic hydroxyl groups is 1. The fraction of sp³-hybridized carbons (Fsp3) is 0.0909. The van der Waals surface area contributed by atoms with Crippen molar-refractivity contribution in [2.24, 2.45) is 0 Å². The normalized spacial score (nSPS) is 10.4. The molecular weight excluding hydrogens is 178 g/mol. The van der Waals surface area contributed by atoms with Crippen LogP contribution in [-0.2, 0) is 0 Å². The van der Waals surface area contributed by atoms with Gasteiger partial charge in [0.25, 0.3) is 0 Å². The van der Waals surface area contributed by atoms with E-state index in [1.54, 1.807) is 19.2 Å². The van der Waals surface area contributed by atoms with Gasteiger partial charge in [0.2, 0.25) is 0 Å². The summed E-state index contributed by atoms with van der Waals surface area (Å²) in [5.74, 6) is 0.949.